The fourth-order valence-electron chi connectivity index (χ4n) is 5.61. The van der Waals surface area contributed by atoms with E-state index in [9.17, 15) is 20.1 Å². The van der Waals surface area contributed by atoms with Crippen LogP contribution in [0, 0.1) is 11.8 Å². The van der Waals surface area contributed by atoms with E-state index in [0.29, 0.717) is 24.0 Å². The Morgan fingerprint density at radius 1 is 0.975 bits per heavy atom. The van der Waals surface area contributed by atoms with Crippen LogP contribution in [0.15, 0.2) is 54.6 Å². The molecule has 8 nitrogen and oxygen atoms in total. The van der Waals surface area contributed by atoms with Crippen molar-refractivity contribution in [1.29, 1.82) is 0 Å². The van der Waals surface area contributed by atoms with Crippen LogP contribution in [0.2, 0.25) is 0 Å². The number of hydrogen-bond donors (Lipinski definition) is 3. The molecule has 1 atom stereocenters. The Morgan fingerprint density at radius 2 is 1.62 bits per heavy atom. The summed E-state index contributed by atoms with van der Waals surface area (Å²) in [7, 11) is 1.62. The molecular weight excluding hydrogens is 508 g/mol. The normalized spacial score (nSPS) is 18.0. The standard InChI is InChI=1S/C32H42N2O6/c1-4-23-5-10-26(11-6-23)22(2)33(20-24-7-12-27(13-8-24)32(37)38)21-25-9-14-28(29(19-25)39-3)40-18-17-34-30(35)15-16-31(34)36/h5-6,9-11,14-16,19,22,24,27,35-36H,4,7-8,12-13,17-18,20-21H2,1-3H3,(H,37,38). The monoisotopic (exact) mass is 550 g/mol. The number of aliphatic carboxylic acids is 1. The minimum Gasteiger partial charge on any atom is -0.494 e. The number of nitrogens with zero attached hydrogens (tertiary/aromatic N) is 2. The molecule has 40 heavy (non-hydrogen) atoms. The average Bonchev–Trinajstić information content (AvgIpc) is 3.29. The zero-order chi connectivity index (χ0) is 28.6. The fourth-order valence-corrected chi connectivity index (χ4v) is 5.61. The first-order valence-corrected chi connectivity index (χ1v) is 14.2. The molecule has 2 aromatic carbocycles. The molecule has 1 saturated carbocycles. The molecule has 4 rings (SSSR count). The third kappa shape index (κ3) is 7.30. The van der Waals surface area contributed by atoms with Crippen molar-refractivity contribution in [2.24, 2.45) is 11.8 Å². The third-order valence-electron chi connectivity index (χ3n) is 8.23. The first-order valence-electron chi connectivity index (χ1n) is 14.2. The molecule has 0 spiro atoms. The minimum absolute atomic E-state index is 0.0154. The van der Waals surface area contributed by atoms with E-state index in [1.807, 2.05) is 18.2 Å². The summed E-state index contributed by atoms with van der Waals surface area (Å²) in [5.41, 5.74) is 3.68. The molecule has 0 aliphatic heterocycles. The molecule has 8 heteroatoms. The molecule has 1 aliphatic rings. The lowest BCUT2D eigenvalue weighted by Crippen LogP contribution is -2.34. The number of aryl methyl sites for hydroxylation is 1. The van der Waals surface area contributed by atoms with Crippen LogP contribution in [0.4, 0.5) is 0 Å². The topological polar surface area (TPSA) is 104 Å². The zero-order valence-electron chi connectivity index (χ0n) is 23.8. The van der Waals surface area contributed by atoms with E-state index in [2.05, 4.69) is 43.0 Å². The third-order valence-corrected chi connectivity index (χ3v) is 8.23. The highest BCUT2D eigenvalue weighted by atomic mass is 16.5. The van der Waals surface area contributed by atoms with Crippen molar-refractivity contribution in [1.82, 2.24) is 9.47 Å². The van der Waals surface area contributed by atoms with Crippen LogP contribution in [-0.2, 0) is 24.3 Å². The van der Waals surface area contributed by atoms with E-state index < -0.39 is 5.97 Å². The van der Waals surface area contributed by atoms with E-state index in [4.69, 9.17) is 9.47 Å². The molecular formula is C32H42N2O6. The second-order valence-corrected chi connectivity index (χ2v) is 10.8. The van der Waals surface area contributed by atoms with E-state index >= 15 is 0 Å². The van der Waals surface area contributed by atoms with Gasteiger partial charge in [0.1, 0.15) is 6.61 Å². The van der Waals surface area contributed by atoms with Gasteiger partial charge in [0.05, 0.1) is 19.6 Å². The number of rotatable bonds is 13. The highest BCUT2D eigenvalue weighted by molar-refractivity contribution is 5.70. The molecule has 1 unspecified atom stereocenters. The lowest BCUT2D eigenvalue weighted by molar-refractivity contribution is -0.143. The summed E-state index contributed by atoms with van der Waals surface area (Å²) >= 11 is 0. The first-order chi connectivity index (χ1) is 19.3. The number of ether oxygens (including phenoxy) is 2. The summed E-state index contributed by atoms with van der Waals surface area (Å²) in [5, 5.41) is 29.1. The Labute approximate surface area is 236 Å². The van der Waals surface area contributed by atoms with Gasteiger partial charge in [0.15, 0.2) is 23.3 Å². The molecule has 3 aromatic rings. The highest BCUT2D eigenvalue weighted by Crippen LogP contribution is 2.34. The summed E-state index contributed by atoms with van der Waals surface area (Å²) in [5.74, 6) is 0.761. The number of carboxylic acids is 1. The van der Waals surface area contributed by atoms with Crippen LogP contribution in [0.25, 0.3) is 0 Å². The molecule has 0 radical (unpaired) electrons. The van der Waals surface area contributed by atoms with Crippen molar-refractivity contribution < 1.29 is 29.6 Å². The predicted molar refractivity (Wildman–Crippen MR) is 154 cm³/mol. The van der Waals surface area contributed by atoms with Gasteiger partial charge in [-0.15, -0.1) is 0 Å². The highest BCUT2D eigenvalue weighted by Gasteiger charge is 2.28. The van der Waals surface area contributed by atoms with E-state index in [-0.39, 0.29) is 30.3 Å². The fraction of sp³-hybridized carbons (Fsp3) is 0.469. The van der Waals surface area contributed by atoms with Crippen LogP contribution in [0.5, 0.6) is 23.3 Å². The van der Waals surface area contributed by atoms with Crippen molar-refractivity contribution in [3.63, 3.8) is 0 Å². The molecule has 0 bridgehead atoms. The molecule has 0 amide bonds. The molecule has 216 valence electrons. The SMILES string of the molecule is CCc1ccc(C(C)N(Cc2ccc(OCCn3c(O)ccc3O)c(OC)c2)CC2CCC(C(=O)O)CC2)cc1. The van der Waals surface area contributed by atoms with Crippen LogP contribution >= 0.6 is 0 Å². The van der Waals surface area contributed by atoms with Gasteiger partial charge in [-0.2, -0.15) is 0 Å². The Hall–Kier alpha value is -3.65. The van der Waals surface area contributed by atoms with Crippen LogP contribution in [0.1, 0.15) is 62.3 Å². The summed E-state index contributed by atoms with van der Waals surface area (Å²) in [6, 6.07) is 17.8. The number of hydrogen-bond acceptors (Lipinski definition) is 6. The van der Waals surface area contributed by atoms with Crippen LogP contribution < -0.4 is 9.47 Å². The minimum atomic E-state index is -0.670. The van der Waals surface area contributed by atoms with Gasteiger partial charge >= 0.3 is 5.97 Å². The average molecular weight is 551 g/mol. The van der Waals surface area contributed by atoms with Crippen molar-refractivity contribution >= 4 is 5.97 Å². The Morgan fingerprint density at radius 3 is 2.23 bits per heavy atom. The maximum atomic E-state index is 11.5. The maximum absolute atomic E-state index is 11.5. The van der Waals surface area contributed by atoms with Gasteiger partial charge < -0.3 is 24.8 Å². The van der Waals surface area contributed by atoms with Gasteiger partial charge in [0.25, 0.3) is 0 Å². The molecule has 1 heterocycles. The number of carbonyl (C=O) groups is 1. The number of methoxy groups -OCH3 is 1. The molecule has 1 aliphatic carbocycles. The van der Waals surface area contributed by atoms with E-state index in [0.717, 1.165) is 50.8 Å². The second-order valence-electron chi connectivity index (χ2n) is 10.8. The molecule has 3 N–H and O–H groups in total. The van der Waals surface area contributed by atoms with E-state index in [1.54, 1.807) is 7.11 Å². The van der Waals surface area contributed by atoms with E-state index in [1.165, 1.54) is 27.8 Å². The zero-order valence-corrected chi connectivity index (χ0v) is 23.8. The number of aromatic hydroxyl groups is 2. The van der Waals surface area contributed by atoms with Gasteiger partial charge in [-0.05, 0) is 73.8 Å². The maximum Gasteiger partial charge on any atom is 0.306 e. The molecule has 0 saturated heterocycles. The summed E-state index contributed by atoms with van der Waals surface area (Å²) < 4.78 is 13.0. The van der Waals surface area contributed by atoms with Crippen LogP contribution in [-0.4, -0.2) is 51.0 Å². The van der Waals surface area contributed by atoms with Gasteiger partial charge in [-0.25, -0.2) is 0 Å². The lowest BCUT2D eigenvalue weighted by atomic mass is 9.81. The van der Waals surface area contributed by atoms with Crippen molar-refractivity contribution in [3.05, 3.63) is 71.3 Å². The van der Waals surface area contributed by atoms with Crippen molar-refractivity contribution in [2.45, 2.75) is 65.1 Å². The molecule has 1 aromatic heterocycles. The molecule has 1 fully saturated rings. The number of aromatic nitrogens is 1. The summed E-state index contributed by atoms with van der Waals surface area (Å²) in [6.07, 6.45) is 4.35. The Bertz CT molecular complexity index is 1230. The largest absolute Gasteiger partial charge is 0.494 e. The van der Waals surface area contributed by atoms with Crippen molar-refractivity contribution in [2.75, 3.05) is 20.3 Å². The number of benzene rings is 2. The number of carboxylic acid groups (broad SMARTS) is 1. The van der Waals surface area contributed by atoms with Gasteiger partial charge in [-0.1, -0.05) is 37.3 Å². The van der Waals surface area contributed by atoms with Gasteiger partial charge in [0.2, 0.25) is 0 Å². The first kappa shape index (κ1) is 29.3. The second kappa shape index (κ2) is 13.6. The van der Waals surface area contributed by atoms with Gasteiger partial charge in [0, 0.05) is 31.3 Å². The summed E-state index contributed by atoms with van der Waals surface area (Å²) in [4.78, 5) is 13.9. The quantitative estimate of drug-likeness (QED) is 0.240. The Balaban J connectivity index is 1.47. The van der Waals surface area contributed by atoms with Crippen LogP contribution in [0.3, 0.4) is 0 Å². The summed E-state index contributed by atoms with van der Waals surface area (Å²) in [6.45, 7) is 6.56. The Kier molecular flexibility index (Phi) is 9.98. The predicted octanol–water partition coefficient (Wildman–Crippen LogP) is 6.00. The smallest absolute Gasteiger partial charge is 0.306 e. The van der Waals surface area contributed by atoms with Crippen molar-refractivity contribution in [3.8, 4) is 23.3 Å². The lowest BCUT2D eigenvalue weighted by Gasteiger charge is -2.35. The van der Waals surface area contributed by atoms with Gasteiger partial charge in [-0.3, -0.25) is 14.3 Å².